The molecule has 6 heteroatoms. The number of halogens is 1. The number of amides is 2. The van der Waals surface area contributed by atoms with E-state index in [1.165, 1.54) is 0 Å². The summed E-state index contributed by atoms with van der Waals surface area (Å²) in [6.07, 6.45) is 1.80. The zero-order valence-electron chi connectivity index (χ0n) is 12.1. The van der Waals surface area contributed by atoms with Crippen LogP contribution in [0.2, 0.25) is 0 Å². The number of hydrogen-bond acceptors (Lipinski definition) is 3. The van der Waals surface area contributed by atoms with Crippen molar-refractivity contribution in [2.75, 3.05) is 13.1 Å². The van der Waals surface area contributed by atoms with Crippen LogP contribution >= 0.6 is 12.4 Å². The summed E-state index contributed by atoms with van der Waals surface area (Å²) in [4.78, 5) is 24.2. The molecule has 1 aliphatic heterocycles. The van der Waals surface area contributed by atoms with Gasteiger partial charge in [0, 0.05) is 6.54 Å². The molecule has 1 saturated heterocycles. The number of primary amides is 1. The molecule has 0 aromatic heterocycles. The van der Waals surface area contributed by atoms with Crippen LogP contribution in [0.1, 0.15) is 25.3 Å². The molecule has 1 heterocycles. The second-order valence-corrected chi connectivity index (χ2v) is 5.39. The molecule has 0 radical (unpaired) electrons. The van der Waals surface area contributed by atoms with Gasteiger partial charge in [-0.2, -0.15) is 0 Å². The standard InChI is InChI=1S/C15H21N3O2.ClH/c1-15(14(16)20,12-7-3-2-4-8-12)18-13(19)11-6-5-9-17-10-11;/h2-4,7-8,11,17H,5-6,9-10H2,1H3,(H2,16,20)(H,18,19);1H. The SMILES string of the molecule is CC(NC(=O)C1CCCNC1)(C(N)=O)c1ccccc1.Cl. The third kappa shape index (κ3) is 3.95. The number of nitrogens with two attached hydrogens (primary N) is 1. The summed E-state index contributed by atoms with van der Waals surface area (Å²) >= 11 is 0. The molecule has 2 rings (SSSR count). The van der Waals surface area contributed by atoms with E-state index in [9.17, 15) is 9.59 Å². The highest BCUT2D eigenvalue weighted by Gasteiger charge is 2.36. The largest absolute Gasteiger partial charge is 0.367 e. The van der Waals surface area contributed by atoms with Crippen molar-refractivity contribution in [2.24, 2.45) is 11.7 Å². The maximum atomic E-state index is 12.3. The molecule has 116 valence electrons. The van der Waals surface area contributed by atoms with Gasteiger partial charge >= 0.3 is 0 Å². The number of nitrogens with one attached hydrogen (secondary N) is 2. The Morgan fingerprint density at radius 1 is 1.33 bits per heavy atom. The molecule has 1 fully saturated rings. The Labute approximate surface area is 131 Å². The molecular formula is C15H22ClN3O2. The van der Waals surface area contributed by atoms with E-state index in [-0.39, 0.29) is 24.2 Å². The van der Waals surface area contributed by atoms with Gasteiger partial charge in [0.25, 0.3) is 0 Å². The van der Waals surface area contributed by atoms with Gasteiger partial charge in [-0.25, -0.2) is 0 Å². The monoisotopic (exact) mass is 311 g/mol. The van der Waals surface area contributed by atoms with Crippen LogP contribution < -0.4 is 16.4 Å². The zero-order chi connectivity index (χ0) is 14.6. The molecule has 2 atom stereocenters. The summed E-state index contributed by atoms with van der Waals surface area (Å²) in [5.41, 5.74) is 5.04. The Kier molecular flexibility index (Phi) is 6.18. The summed E-state index contributed by atoms with van der Waals surface area (Å²) in [5.74, 6) is -0.783. The van der Waals surface area contributed by atoms with Crippen LogP contribution in [-0.4, -0.2) is 24.9 Å². The Morgan fingerprint density at radius 3 is 2.52 bits per heavy atom. The predicted molar refractivity (Wildman–Crippen MR) is 84.0 cm³/mol. The quantitative estimate of drug-likeness (QED) is 0.773. The summed E-state index contributed by atoms with van der Waals surface area (Å²) in [6, 6.07) is 9.10. The Bertz CT molecular complexity index is 489. The Hall–Kier alpha value is -1.59. The number of carbonyl (C=O) groups is 2. The minimum Gasteiger partial charge on any atom is -0.367 e. The topological polar surface area (TPSA) is 84.2 Å². The first-order valence-corrected chi connectivity index (χ1v) is 6.92. The van der Waals surface area contributed by atoms with Crippen LogP contribution in [0.25, 0.3) is 0 Å². The normalized spacial score (nSPS) is 20.7. The molecule has 1 aliphatic rings. The Morgan fingerprint density at radius 2 is 2.00 bits per heavy atom. The molecule has 0 bridgehead atoms. The molecule has 5 nitrogen and oxygen atoms in total. The maximum Gasteiger partial charge on any atom is 0.247 e. The molecule has 21 heavy (non-hydrogen) atoms. The van der Waals surface area contributed by atoms with Crippen molar-refractivity contribution >= 4 is 24.2 Å². The van der Waals surface area contributed by atoms with Crippen LogP contribution in [0.4, 0.5) is 0 Å². The van der Waals surface area contributed by atoms with Crippen molar-refractivity contribution in [2.45, 2.75) is 25.3 Å². The van der Waals surface area contributed by atoms with E-state index in [4.69, 9.17) is 5.73 Å². The van der Waals surface area contributed by atoms with Crippen molar-refractivity contribution in [3.05, 3.63) is 35.9 Å². The molecule has 2 unspecified atom stereocenters. The minimum atomic E-state index is -1.17. The first-order chi connectivity index (χ1) is 9.54. The first kappa shape index (κ1) is 17.5. The fourth-order valence-corrected chi connectivity index (χ4v) is 2.47. The van der Waals surface area contributed by atoms with E-state index in [1.807, 2.05) is 18.2 Å². The fraction of sp³-hybridized carbons (Fsp3) is 0.467. The second-order valence-electron chi connectivity index (χ2n) is 5.39. The number of carbonyl (C=O) groups excluding carboxylic acids is 2. The van der Waals surface area contributed by atoms with Gasteiger partial charge in [0.05, 0.1) is 5.92 Å². The van der Waals surface area contributed by atoms with E-state index in [1.54, 1.807) is 19.1 Å². The van der Waals surface area contributed by atoms with Gasteiger partial charge in [0.15, 0.2) is 0 Å². The molecule has 2 amide bonds. The molecule has 1 aromatic rings. The van der Waals surface area contributed by atoms with E-state index in [2.05, 4.69) is 10.6 Å². The van der Waals surface area contributed by atoms with Crippen LogP contribution in [0, 0.1) is 5.92 Å². The molecule has 0 saturated carbocycles. The third-order valence-corrected chi connectivity index (χ3v) is 3.88. The van der Waals surface area contributed by atoms with E-state index in [0.29, 0.717) is 12.1 Å². The summed E-state index contributed by atoms with van der Waals surface area (Å²) < 4.78 is 0. The van der Waals surface area contributed by atoms with Crippen molar-refractivity contribution in [3.8, 4) is 0 Å². The van der Waals surface area contributed by atoms with Crippen molar-refractivity contribution in [1.29, 1.82) is 0 Å². The van der Waals surface area contributed by atoms with Gasteiger partial charge in [-0.1, -0.05) is 30.3 Å². The summed E-state index contributed by atoms with van der Waals surface area (Å²) in [5, 5.41) is 6.02. The third-order valence-electron chi connectivity index (χ3n) is 3.88. The fourth-order valence-electron chi connectivity index (χ4n) is 2.47. The highest BCUT2D eigenvalue weighted by atomic mass is 35.5. The lowest BCUT2D eigenvalue weighted by Gasteiger charge is -2.31. The van der Waals surface area contributed by atoms with Crippen LogP contribution in [0.5, 0.6) is 0 Å². The predicted octanol–water partition coefficient (Wildman–Crippen LogP) is 0.925. The van der Waals surface area contributed by atoms with Gasteiger partial charge in [-0.05, 0) is 31.9 Å². The van der Waals surface area contributed by atoms with E-state index in [0.717, 1.165) is 19.4 Å². The highest BCUT2D eigenvalue weighted by molar-refractivity contribution is 5.91. The van der Waals surface area contributed by atoms with Crippen molar-refractivity contribution in [1.82, 2.24) is 10.6 Å². The minimum absolute atomic E-state index is 0. The van der Waals surface area contributed by atoms with E-state index < -0.39 is 11.4 Å². The lowest BCUT2D eigenvalue weighted by atomic mass is 9.89. The average Bonchev–Trinajstić information content (AvgIpc) is 2.48. The van der Waals surface area contributed by atoms with Gasteiger partial charge in [0.2, 0.25) is 11.8 Å². The summed E-state index contributed by atoms with van der Waals surface area (Å²) in [6.45, 7) is 3.24. The average molecular weight is 312 g/mol. The molecule has 0 aliphatic carbocycles. The van der Waals surface area contributed by atoms with Crippen LogP contribution in [0.15, 0.2) is 30.3 Å². The Balaban J connectivity index is 0.00000220. The van der Waals surface area contributed by atoms with Crippen LogP contribution in [-0.2, 0) is 15.1 Å². The number of benzene rings is 1. The molecule has 4 N–H and O–H groups in total. The first-order valence-electron chi connectivity index (χ1n) is 6.92. The van der Waals surface area contributed by atoms with Crippen LogP contribution in [0.3, 0.4) is 0 Å². The number of piperidine rings is 1. The zero-order valence-corrected chi connectivity index (χ0v) is 12.9. The summed E-state index contributed by atoms with van der Waals surface area (Å²) in [7, 11) is 0. The smallest absolute Gasteiger partial charge is 0.247 e. The van der Waals surface area contributed by atoms with Gasteiger partial charge in [-0.3, -0.25) is 9.59 Å². The van der Waals surface area contributed by atoms with E-state index >= 15 is 0 Å². The van der Waals surface area contributed by atoms with Gasteiger partial charge in [-0.15, -0.1) is 12.4 Å². The van der Waals surface area contributed by atoms with Gasteiger partial charge in [0.1, 0.15) is 5.54 Å². The molecule has 0 spiro atoms. The molecular weight excluding hydrogens is 290 g/mol. The van der Waals surface area contributed by atoms with Crippen molar-refractivity contribution in [3.63, 3.8) is 0 Å². The van der Waals surface area contributed by atoms with Gasteiger partial charge < -0.3 is 16.4 Å². The second kappa shape index (κ2) is 7.43. The highest BCUT2D eigenvalue weighted by Crippen LogP contribution is 2.22. The number of rotatable bonds is 4. The number of hydrogen-bond donors (Lipinski definition) is 3. The maximum absolute atomic E-state index is 12.3. The lowest BCUT2D eigenvalue weighted by molar-refractivity contribution is -0.133. The van der Waals surface area contributed by atoms with Crippen molar-refractivity contribution < 1.29 is 9.59 Å². The lowest BCUT2D eigenvalue weighted by Crippen LogP contribution is -2.55. The molecule has 1 aromatic carbocycles.